The van der Waals surface area contributed by atoms with Gasteiger partial charge in [-0.15, -0.1) is 0 Å². The minimum Gasteiger partial charge on any atom is -0.452 e. The molecule has 8 heteroatoms. The third kappa shape index (κ3) is 5.93. The maximum absolute atomic E-state index is 11.9. The molecule has 0 saturated carbocycles. The highest BCUT2D eigenvalue weighted by Crippen LogP contribution is 2.12. The van der Waals surface area contributed by atoms with Crippen molar-refractivity contribution in [3.8, 4) is 0 Å². The monoisotopic (exact) mass is 324 g/mol. The third-order valence-electron chi connectivity index (χ3n) is 2.80. The number of urea groups is 1. The Hall–Kier alpha value is -2.64. The van der Waals surface area contributed by atoms with E-state index in [-0.39, 0.29) is 17.2 Å². The summed E-state index contributed by atoms with van der Waals surface area (Å²) in [6.07, 6.45) is 0. The predicted octanol–water partition coefficient (Wildman–Crippen LogP) is 0.895. The molecule has 0 aromatic carbocycles. The van der Waals surface area contributed by atoms with Crippen molar-refractivity contribution in [2.45, 2.75) is 27.7 Å². The highest BCUT2D eigenvalue weighted by atomic mass is 16.5. The van der Waals surface area contributed by atoms with Gasteiger partial charge in [0.1, 0.15) is 11.3 Å². The number of rotatable bonds is 5. The maximum Gasteiger partial charge on any atom is 0.342 e. The molecule has 1 aromatic heterocycles. The van der Waals surface area contributed by atoms with Crippen molar-refractivity contribution >= 4 is 17.9 Å². The van der Waals surface area contributed by atoms with Crippen LogP contribution < -0.4 is 16.3 Å². The van der Waals surface area contributed by atoms with Crippen LogP contribution in [0.2, 0.25) is 0 Å². The minimum atomic E-state index is -0.804. The number of esters is 1. The number of imide groups is 1. The zero-order valence-electron chi connectivity index (χ0n) is 13.5. The molecule has 0 spiro atoms. The van der Waals surface area contributed by atoms with Gasteiger partial charge >= 0.3 is 17.6 Å². The van der Waals surface area contributed by atoms with Crippen LogP contribution in [0.1, 0.15) is 35.5 Å². The average Bonchev–Trinajstić information content (AvgIpc) is 2.41. The van der Waals surface area contributed by atoms with E-state index in [2.05, 4.69) is 5.32 Å². The third-order valence-corrected chi connectivity index (χ3v) is 2.80. The first-order valence-electron chi connectivity index (χ1n) is 7.06. The summed E-state index contributed by atoms with van der Waals surface area (Å²) in [5, 5.41) is 4.54. The summed E-state index contributed by atoms with van der Waals surface area (Å²) in [5.74, 6) is -1.21. The van der Waals surface area contributed by atoms with Crippen LogP contribution >= 0.6 is 0 Å². The molecule has 0 aliphatic heterocycles. The fraction of sp³-hybridized carbons (Fsp3) is 0.467. The van der Waals surface area contributed by atoms with E-state index >= 15 is 0 Å². The molecule has 23 heavy (non-hydrogen) atoms. The smallest absolute Gasteiger partial charge is 0.342 e. The van der Waals surface area contributed by atoms with Crippen LogP contribution in [0.25, 0.3) is 0 Å². The Kier molecular flexibility index (Phi) is 6.49. The van der Waals surface area contributed by atoms with Gasteiger partial charge < -0.3 is 14.5 Å². The lowest BCUT2D eigenvalue weighted by Crippen LogP contribution is -2.42. The number of carbonyl (C=O) groups excluding carboxylic acids is 3. The van der Waals surface area contributed by atoms with E-state index in [9.17, 15) is 19.2 Å². The van der Waals surface area contributed by atoms with Crippen LogP contribution in [0.5, 0.6) is 0 Å². The highest BCUT2D eigenvalue weighted by molar-refractivity contribution is 5.97. The van der Waals surface area contributed by atoms with Crippen molar-refractivity contribution < 1.29 is 23.5 Å². The van der Waals surface area contributed by atoms with Gasteiger partial charge in [0.2, 0.25) is 0 Å². The molecular formula is C15H20N2O6. The molecule has 126 valence electrons. The summed E-state index contributed by atoms with van der Waals surface area (Å²) >= 11 is 0. The Labute approximate surface area is 133 Å². The number of carbonyl (C=O) groups is 3. The SMILES string of the molecule is Cc1cc(=O)oc(C)c1C(=O)OCC(=O)NC(=O)NCC(C)C. The standard InChI is InChI=1S/C15H20N2O6/c1-8(2)6-16-15(21)17-11(18)7-22-14(20)13-9(3)5-12(19)23-10(13)4/h5,8H,6-7H2,1-4H3,(H2,16,17,18,21). The molecule has 0 saturated heterocycles. The van der Waals surface area contributed by atoms with Crippen molar-refractivity contribution in [1.29, 1.82) is 0 Å². The van der Waals surface area contributed by atoms with Crippen LogP contribution in [-0.2, 0) is 9.53 Å². The lowest BCUT2D eigenvalue weighted by molar-refractivity contribution is -0.123. The van der Waals surface area contributed by atoms with E-state index in [0.717, 1.165) is 6.07 Å². The summed E-state index contributed by atoms with van der Waals surface area (Å²) < 4.78 is 9.64. The largest absolute Gasteiger partial charge is 0.452 e. The van der Waals surface area contributed by atoms with Crippen LogP contribution in [0.15, 0.2) is 15.3 Å². The van der Waals surface area contributed by atoms with Crippen LogP contribution in [0.3, 0.4) is 0 Å². The van der Waals surface area contributed by atoms with Gasteiger partial charge in [-0.1, -0.05) is 13.8 Å². The van der Waals surface area contributed by atoms with E-state index in [1.165, 1.54) is 6.92 Å². The molecule has 0 radical (unpaired) electrons. The van der Waals surface area contributed by atoms with Crippen molar-refractivity contribution in [2.24, 2.45) is 5.92 Å². The number of hydrogen-bond acceptors (Lipinski definition) is 6. The second-order valence-corrected chi connectivity index (χ2v) is 5.41. The first-order valence-corrected chi connectivity index (χ1v) is 7.06. The predicted molar refractivity (Wildman–Crippen MR) is 81.1 cm³/mol. The summed E-state index contributed by atoms with van der Waals surface area (Å²) in [4.78, 5) is 46.0. The van der Waals surface area contributed by atoms with Crippen molar-refractivity contribution in [2.75, 3.05) is 13.2 Å². The topological polar surface area (TPSA) is 115 Å². The number of ether oxygens (including phenoxy) is 1. The molecule has 0 aliphatic carbocycles. The molecule has 0 bridgehead atoms. The average molecular weight is 324 g/mol. The fourth-order valence-corrected chi connectivity index (χ4v) is 1.77. The van der Waals surface area contributed by atoms with Gasteiger partial charge in [-0.3, -0.25) is 10.1 Å². The van der Waals surface area contributed by atoms with Gasteiger partial charge in [0.15, 0.2) is 6.61 Å². The molecule has 0 fully saturated rings. The number of hydrogen-bond donors (Lipinski definition) is 2. The number of aryl methyl sites for hydroxylation is 2. The normalized spacial score (nSPS) is 10.3. The molecule has 8 nitrogen and oxygen atoms in total. The molecule has 1 rings (SSSR count). The first kappa shape index (κ1) is 18.4. The second kappa shape index (κ2) is 8.11. The summed E-state index contributed by atoms with van der Waals surface area (Å²) in [7, 11) is 0. The molecule has 2 N–H and O–H groups in total. The Balaban J connectivity index is 2.55. The quantitative estimate of drug-likeness (QED) is 0.778. The minimum absolute atomic E-state index is 0.0849. The Morgan fingerprint density at radius 2 is 1.91 bits per heavy atom. The molecule has 0 aliphatic rings. The van der Waals surface area contributed by atoms with Gasteiger partial charge in [-0.05, 0) is 25.3 Å². The lowest BCUT2D eigenvalue weighted by atomic mass is 10.1. The zero-order valence-corrected chi connectivity index (χ0v) is 13.5. The van der Waals surface area contributed by atoms with Gasteiger partial charge in [-0.25, -0.2) is 14.4 Å². The highest BCUT2D eigenvalue weighted by Gasteiger charge is 2.18. The Bertz CT molecular complexity index is 636. The number of nitrogens with one attached hydrogen (secondary N) is 2. The van der Waals surface area contributed by atoms with Crippen molar-refractivity contribution in [3.63, 3.8) is 0 Å². The Morgan fingerprint density at radius 1 is 1.26 bits per heavy atom. The molecule has 0 atom stereocenters. The van der Waals surface area contributed by atoms with Crippen molar-refractivity contribution in [3.05, 3.63) is 33.4 Å². The van der Waals surface area contributed by atoms with Crippen LogP contribution in [-0.4, -0.2) is 31.1 Å². The Morgan fingerprint density at radius 3 is 2.48 bits per heavy atom. The fourth-order valence-electron chi connectivity index (χ4n) is 1.77. The molecule has 0 unspecified atom stereocenters. The lowest BCUT2D eigenvalue weighted by Gasteiger charge is -2.10. The van der Waals surface area contributed by atoms with Gasteiger partial charge in [0.05, 0.1) is 0 Å². The van der Waals surface area contributed by atoms with E-state index in [1.54, 1.807) is 6.92 Å². The summed E-state index contributed by atoms with van der Waals surface area (Å²) in [5.41, 5.74) is -0.100. The van der Waals surface area contributed by atoms with E-state index in [0.29, 0.717) is 12.1 Å². The van der Waals surface area contributed by atoms with Crippen LogP contribution in [0, 0.1) is 19.8 Å². The molecule has 1 heterocycles. The zero-order chi connectivity index (χ0) is 17.6. The van der Waals surface area contributed by atoms with Gasteiger partial charge in [0.25, 0.3) is 5.91 Å². The molecule has 1 aromatic rings. The summed E-state index contributed by atoms with van der Waals surface area (Å²) in [6.45, 7) is 6.62. The molecule has 3 amide bonds. The van der Waals surface area contributed by atoms with Crippen molar-refractivity contribution in [1.82, 2.24) is 10.6 Å². The first-order chi connectivity index (χ1) is 10.7. The molecular weight excluding hydrogens is 304 g/mol. The summed E-state index contributed by atoms with van der Waals surface area (Å²) in [6, 6.07) is 0.501. The van der Waals surface area contributed by atoms with E-state index in [4.69, 9.17) is 9.15 Å². The van der Waals surface area contributed by atoms with E-state index in [1.807, 2.05) is 19.2 Å². The van der Waals surface area contributed by atoms with Gasteiger partial charge in [0, 0.05) is 12.6 Å². The van der Waals surface area contributed by atoms with Gasteiger partial charge in [-0.2, -0.15) is 0 Å². The number of amides is 3. The second-order valence-electron chi connectivity index (χ2n) is 5.41. The maximum atomic E-state index is 11.9. The van der Waals surface area contributed by atoms with E-state index < -0.39 is 30.1 Å². The van der Waals surface area contributed by atoms with Crippen LogP contribution in [0.4, 0.5) is 4.79 Å².